The summed E-state index contributed by atoms with van der Waals surface area (Å²) < 4.78 is 5.63. The molecule has 21 heavy (non-hydrogen) atoms. The zero-order valence-corrected chi connectivity index (χ0v) is 13.2. The highest BCUT2D eigenvalue weighted by Gasteiger charge is 2.45. The molecular weight excluding hydrogens is 270 g/mol. The summed E-state index contributed by atoms with van der Waals surface area (Å²) in [6.07, 6.45) is 3.18. The lowest BCUT2D eigenvalue weighted by atomic mass is 9.93. The van der Waals surface area contributed by atoms with Gasteiger partial charge in [-0.15, -0.1) is 0 Å². The number of rotatable bonds is 4. The molecule has 1 aliphatic heterocycles. The number of ether oxygens (including phenoxy) is 1. The normalized spacial score (nSPS) is 36.7. The first-order chi connectivity index (χ1) is 9.97. The number of carbonyl (C=O) groups excluding carboxylic acids is 1. The van der Waals surface area contributed by atoms with E-state index in [9.17, 15) is 14.7 Å². The Balaban J connectivity index is 2.14. The standard InChI is InChI=1S/C16H27NO4/c1-4-11-6-13(14(7-11)16(19)20)15(18)17-8-10(3)21-9-12(17)5-2/h10-14H,4-9H2,1-3H3,(H,19,20). The maximum Gasteiger partial charge on any atom is 0.307 e. The Hall–Kier alpha value is -1.10. The number of carbonyl (C=O) groups is 2. The van der Waals surface area contributed by atoms with Crippen LogP contribution in [-0.2, 0) is 14.3 Å². The molecule has 0 aromatic heterocycles. The molecule has 0 aromatic rings. The molecule has 1 amide bonds. The van der Waals surface area contributed by atoms with Gasteiger partial charge in [0, 0.05) is 6.54 Å². The molecule has 1 saturated heterocycles. The molecule has 2 aliphatic rings. The summed E-state index contributed by atoms with van der Waals surface area (Å²) >= 11 is 0. The van der Waals surface area contributed by atoms with Gasteiger partial charge in [-0.1, -0.05) is 20.3 Å². The van der Waals surface area contributed by atoms with Crippen LogP contribution in [-0.4, -0.2) is 47.2 Å². The molecule has 0 radical (unpaired) electrons. The maximum atomic E-state index is 12.9. The summed E-state index contributed by atoms with van der Waals surface area (Å²) in [5, 5.41) is 9.42. The van der Waals surface area contributed by atoms with Crippen LogP contribution in [0.15, 0.2) is 0 Å². The van der Waals surface area contributed by atoms with Crippen molar-refractivity contribution >= 4 is 11.9 Å². The van der Waals surface area contributed by atoms with E-state index in [4.69, 9.17) is 4.74 Å². The molecule has 0 bridgehead atoms. The van der Waals surface area contributed by atoms with Gasteiger partial charge in [0.05, 0.1) is 30.6 Å². The number of aliphatic carboxylic acids is 1. The molecule has 120 valence electrons. The third-order valence-electron chi connectivity index (χ3n) is 5.09. The Bertz CT molecular complexity index is 398. The van der Waals surface area contributed by atoms with Crippen LogP contribution in [0.3, 0.4) is 0 Å². The molecule has 5 atom stereocenters. The Morgan fingerprint density at radius 1 is 1.19 bits per heavy atom. The largest absolute Gasteiger partial charge is 0.481 e. The van der Waals surface area contributed by atoms with E-state index < -0.39 is 11.9 Å². The lowest BCUT2D eigenvalue weighted by Gasteiger charge is -2.40. The van der Waals surface area contributed by atoms with Crippen LogP contribution in [0.4, 0.5) is 0 Å². The van der Waals surface area contributed by atoms with Gasteiger partial charge in [-0.05, 0) is 32.1 Å². The van der Waals surface area contributed by atoms with Gasteiger partial charge in [-0.25, -0.2) is 0 Å². The van der Waals surface area contributed by atoms with Crippen molar-refractivity contribution in [2.24, 2.45) is 17.8 Å². The number of nitrogens with zero attached hydrogens (tertiary/aromatic N) is 1. The summed E-state index contributed by atoms with van der Waals surface area (Å²) in [6, 6.07) is 0.0869. The first kappa shape index (κ1) is 16.3. The highest BCUT2D eigenvalue weighted by Crippen LogP contribution is 2.40. The molecule has 1 N–H and O–H groups in total. The van der Waals surface area contributed by atoms with Gasteiger partial charge in [0.1, 0.15) is 0 Å². The van der Waals surface area contributed by atoms with Crippen molar-refractivity contribution in [3.8, 4) is 0 Å². The Morgan fingerprint density at radius 3 is 2.43 bits per heavy atom. The van der Waals surface area contributed by atoms with Gasteiger partial charge in [0.15, 0.2) is 0 Å². The van der Waals surface area contributed by atoms with Gasteiger partial charge in [-0.3, -0.25) is 9.59 Å². The molecule has 2 fully saturated rings. The highest BCUT2D eigenvalue weighted by atomic mass is 16.5. The molecule has 1 aliphatic carbocycles. The second-order valence-corrected chi connectivity index (χ2v) is 6.49. The zero-order valence-electron chi connectivity index (χ0n) is 13.2. The van der Waals surface area contributed by atoms with Crippen molar-refractivity contribution in [2.45, 2.75) is 58.6 Å². The van der Waals surface area contributed by atoms with E-state index in [2.05, 4.69) is 6.92 Å². The van der Waals surface area contributed by atoms with E-state index in [0.29, 0.717) is 31.9 Å². The molecule has 0 aromatic carbocycles. The summed E-state index contributed by atoms with van der Waals surface area (Å²) in [7, 11) is 0. The number of hydrogen-bond donors (Lipinski definition) is 1. The number of morpholine rings is 1. The van der Waals surface area contributed by atoms with Gasteiger partial charge < -0.3 is 14.7 Å². The van der Waals surface area contributed by atoms with Gasteiger partial charge >= 0.3 is 5.97 Å². The third-order valence-corrected chi connectivity index (χ3v) is 5.09. The zero-order chi connectivity index (χ0) is 15.6. The van der Waals surface area contributed by atoms with Crippen LogP contribution < -0.4 is 0 Å². The first-order valence-corrected chi connectivity index (χ1v) is 8.12. The fourth-order valence-corrected chi connectivity index (χ4v) is 3.69. The molecule has 0 spiro atoms. The number of hydrogen-bond acceptors (Lipinski definition) is 3. The fraction of sp³-hybridized carbons (Fsp3) is 0.875. The van der Waals surface area contributed by atoms with Crippen molar-refractivity contribution in [2.75, 3.05) is 13.2 Å². The first-order valence-electron chi connectivity index (χ1n) is 8.12. The Labute approximate surface area is 126 Å². The molecule has 1 heterocycles. The van der Waals surface area contributed by atoms with Gasteiger partial charge in [0.2, 0.25) is 5.91 Å². The van der Waals surface area contributed by atoms with E-state index in [1.54, 1.807) is 0 Å². The second kappa shape index (κ2) is 6.77. The predicted molar refractivity (Wildman–Crippen MR) is 78.8 cm³/mol. The van der Waals surface area contributed by atoms with E-state index in [0.717, 1.165) is 12.8 Å². The van der Waals surface area contributed by atoms with Gasteiger partial charge in [0.25, 0.3) is 0 Å². The molecule has 5 nitrogen and oxygen atoms in total. The lowest BCUT2D eigenvalue weighted by Crippen LogP contribution is -2.53. The minimum atomic E-state index is -0.821. The molecule has 5 unspecified atom stereocenters. The summed E-state index contributed by atoms with van der Waals surface area (Å²) in [6.45, 7) is 7.22. The SMILES string of the molecule is CCC1CC(C(=O)O)C(C(=O)N2CC(C)OCC2CC)C1. The minimum absolute atomic E-state index is 0.0281. The Kier molecular flexibility index (Phi) is 5.25. The number of amides is 1. The lowest BCUT2D eigenvalue weighted by molar-refractivity contribution is -0.155. The van der Waals surface area contributed by atoms with E-state index in [-0.39, 0.29) is 24.0 Å². The summed E-state index contributed by atoms with van der Waals surface area (Å²) in [4.78, 5) is 26.3. The quantitative estimate of drug-likeness (QED) is 0.863. The van der Waals surface area contributed by atoms with Crippen LogP contribution in [0.5, 0.6) is 0 Å². The summed E-state index contributed by atoms with van der Waals surface area (Å²) in [5.74, 6) is -1.30. The van der Waals surface area contributed by atoms with E-state index >= 15 is 0 Å². The second-order valence-electron chi connectivity index (χ2n) is 6.49. The third kappa shape index (κ3) is 3.39. The molecule has 5 heteroatoms. The fourth-order valence-electron chi connectivity index (χ4n) is 3.69. The summed E-state index contributed by atoms with van der Waals surface area (Å²) in [5.41, 5.74) is 0. The molecule has 2 rings (SSSR count). The number of carboxylic acids is 1. The van der Waals surface area contributed by atoms with Crippen LogP contribution in [0, 0.1) is 17.8 Å². The predicted octanol–water partition coefficient (Wildman–Crippen LogP) is 2.15. The van der Waals surface area contributed by atoms with Crippen molar-refractivity contribution < 1.29 is 19.4 Å². The molecular formula is C16H27NO4. The topological polar surface area (TPSA) is 66.8 Å². The minimum Gasteiger partial charge on any atom is -0.481 e. The average Bonchev–Trinajstić information content (AvgIpc) is 2.91. The van der Waals surface area contributed by atoms with Crippen LogP contribution in [0.1, 0.15) is 46.5 Å². The van der Waals surface area contributed by atoms with Crippen LogP contribution in [0.25, 0.3) is 0 Å². The monoisotopic (exact) mass is 297 g/mol. The van der Waals surface area contributed by atoms with E-state index in [1.165, 1.54) is 0 Å². The smallest absolute Gasteiger partial charge is 0.307 e. The van der Waals surface area contributed by atoms with Crippen LogP contribution in [0.2, 0.25) is 0 Å². The van der Waals surface area contributed by atoms with E-state index in [1.807, 2.05) is 18.7 Å². The van der Waals surface area contributed by atoms with Crippen LogP contribution >= 0.6 is 0 Å². The van der Waals surface area contributed by atoms with Crippen molar-refractivity contribution in [1.82, 2.24) is 4.90 Å². The molecule has 1 saturated carbocycles. The van der Waals surface area contributed by atoms with Crippen molar-refractivity contribution in [3.63, 3.8) is 0 Å². The van der Waals surface area contributed by atoms with Crippen molar-refractivity contribution in [1.29, 1.82) is 0 Å². The van der Waals surface area contributed by atoms with Crippen molar-refractivity contribution in [3.05, 3.63) is 0 Å². The Morgan fingerprint density at radius 2 is 1.86 bits per heavy atom. The van der Waals surface area contributed by atoms with Gasteiger partial charge in [-0.2, -0.15) is 0 Å². The maximum absolute atomic E-state index is 12.9. The average molecular weight is 297 g/mol. The highest BCUT2D eigenvalue weighted by molar-refractivity contribution is 5.85. The number of carboxylic acid groups (broad SMARTS) is 1.